The average molecular weight is 174 g/mol. The van der Waals surface area contributed by atoms with Gasteiger partial charge in [-0.25, -0.2) is 4.98 Å². The summed E-state index contributed by atoms with van der Waals surface area (Å²) < 4.78 is 0.586. The molecule has 1 heterocycles. The Hall–Kier alpha value is -1.16. The lowest BCUT2D eigenvalue weighted by Crippen LogP contribution is -1.91. The molecule has 0 aliphatic carbocycles. The summed E-state index contributed by atoms with van der Waals surface area (Å²) in [5.41, 5.74) is 0.270. The number of halogens is 1. The third kappa shape index (κ3) is 1.65. The zero-order chi connectivity index (χ0) is 8.43. The molecular weight excluding hydrogens is 168 g/mol. The molecule has 0 aromatic carbocycles. The van der Waals surface area contributed by atoms with Gasteiger partial charge in [0.2, 0.25) is 0 Å². The van der Waals surface area contributed by atoms with E-state index in [-0.39, 0.29) is 16.6 Å². The van der Waals surface area contributed by atoms with Crippen molar-refractivity contribution >= 4 is 17.3 Å². The summed E-state index contributed by atoms with van der Waals surface area (Å²) in [7, 11) is 1.31. The fourth-order valence-corrected chi connectivity index (χ4v) is 0.701. The Labute approximate surface area is 68.0 Å². The molecule has 0 amide bonds. The van der Waals surface area contributed by atoms with Crippen molar-refractivity contribution in [1.82, 2.24) is 4.98 Å². The van der Waals surface area contributed by atoms with E-state index in [4.69, 9.17) is 16.7 Å². The highest BCUT2D eigenvalue weighted by Crippen LogP contribution is 2.23. The van der Waals surface area contributed by atoms with Crippen molar-refractivity contribution in [3.8, 4) is 5.75 Å². The van der Waals surface area contributed by atoms with E-state index in [2.05, 4.69) is 4.98 Å². The predicted molar refractivity (Wildman–Crippen MR) is 40.1 cm³/mol. The molecule has 5 heteroatoms. The van der Waals surface area contributed by atoms with Crippen molar-refractivity contribution in [3.05, 3.63) is 22.3 Å². The second-order valence-corrected chi connectivity index (χ2v) is 2.36. The molecule has 0 atom stereocenters. The maximum absolute atomic E-state index is 10.6. The quantitative estimate of drug-likeness (QED) is 0.517. The minimum absolute atomic E-state index is 0.00407. The smallest absolute Gasteiger partial charge is 0.277 e. The first-order chi connectivity index (χ1) is 5.11. The number of hydrogen-bond acceptors (Lipinski definition) is 3. The van der Waals surface area contributed by atoms with Crippen molar-refractivity contribution < 1.29 is 9.87 Å². The fraction of sp³-hybridized carbons (Fsp3) is 0.167. The van der Waals surface area contributed by atoms with E-state index in [1.54, 1.807) is 0 Å². The van der Waals surface area contributed by atoms with Crippen molar-refractivity contribution in [2.24, 2.45) is 0 Å². The van der Waals surface area contributed by atoms with Crippen LogP contribution < -0.4 is 0 Å². The minimum Gasteiger partial charge on any atom is -0.505 e. The Morgan fingerprint density at radius 3 is 2.82 bits per heavy atom. The second kappa shape index (κ2) is 2.84. The van der Waals surface area contributed by atoms with Gasteiger partial charge in [-0.2, -0.15) is 0 Å². The van der Waals surface area contributed by atoms with Crippen LogP contribution in [0.2, 0.25) is 5.15 Å². The topological polar surface area (TPSA) is 53.2 Å². The molecule has 0 unspecified atom stereocenters. The van der Waals surface area contributed by atoms with Gasteiger partial charge in [-0.3, -0.25) is 0 Å². The number of nitrogens with zero attached hydrogens (tertiary/aromatic N) is 2. The van der Waals surface area contributed by atoms with E-state index in [9.17, 15) is 4.91 Å². The van der Waals surface area contributed by atoms with Gasteiger partial charge in [0, 0.05) is 9.67 Å². The number of aromatic nitrogens is 1. The molecule has 58 valence electrons. The van der Waals surface area contributed by atoms with Gasteiger partial charge < -0.3 is 5.11 Å². The SMILES string of the molecule is C[N+](=O)c1cnc(Cl)c(O)c1. The van der Waals surface area contributed by atoms with Gasteiger partial charge in [0.15, 0.2) is 18.0 Å². The predicted octanol–water partition coefficient (Wildman–Crippen LogP) is 1.48. The molecule has 0 bridgehead atoms. The van der Waals surface area contributed by atoms with Gasteiger partial charge in [-0.1, -0.05) is 11.6 Å². The summed E-state index contributed by atoms with van der Waals surface area (Å²) in [5, 5.41) is 8.98. The number of nitroso groups, excluding NO2 is 1. The van der Waals surface area contributed by atoms with Crippen LogP contribution in [0.25, 0.3) is 0 Å². The highest BCUT2D eigenvalue weighted by atomic mass is 35.5. The standard InChI is InChI=1S/C6H5ClN2O2/c1-9(11)4-2-5(10)6(7)8-3-4/h2-3H,1H3/p+1. The van der Waals surface area contributed by atoms with Crippen molar-refractivity contribution in [3.63, 3.8) is 0 Å². The van der Waals surface area contributed by atoms with E-state index in [1.807, 2.05) is 0 Å². The molecule has 11 heavy (non-hydrogen) atoms. The highest BCUT2D eigenvalue weighted by molar-refractivity contribution is 6.30. The van der Waals surface area contributed by atoms with Crippen LogP contribution in [-0.4, -0.2) is 21.9 Å². The summed E-state index contributed by atoms with van der Waals surface area (Å²) in [6.07, 6.45) is 1.29. The van der Waals surface area contributed by atoms with E-state index in [0.29, 0.717) is 4.76 Å². The van der Waals surface area contributed by atoms with E-state index >= 15 is 0 Å². The first kappa shape index (κ1) is 7.94. The Morgan fingerprint density at radius 2 is 2.36 bits per heavy atom. The molecular formula is C6H6ClN2O2+. The van der Waals surface area contributed by atoms with Crippen LogP contribution in [0.15, 0.2) is 12.3 Å². The van der Waals surface area contributed by atoms with Crippen molar-refractivity contribution in [1.29, 1.82) is 0 Å². The summed E-state index contributed by atoms with van der Waals surface area (Å²) in [5.74, 6) is -0.188. The Balaban J connectivity index is 3.15. The molecule has 0 saturated carbocycles. The molecule has 0 aliphatic heterocycles. The Bertz CT molecular complexity index is 301. The first-order valence-electron chi connectivity index (χ1n) is 2.86. The van der Waals surface area contributed by atoms with Crippen LogP contribution in [0.1, 0.15) is 0 Å². The molecule has 4 nitrogen and oxygen atoms in total. The molecule has 1 rings (SSSR count). The van der Waals surface area contributed by atoms with Gasteiger partial charge in [-0.15, -0.1) is 0 Å². The van der Waals surface area contributed by atoms with Crippen LogP contribution in [0.5, 0.6) is 5.75 Å². The fourth-order valence-electron chi connectivity index (χ4n) is 0.598. The van der Waals surface area contributed by atoms with Gasteiger partial charge in [-0.05, 0) is 0 Å². The number of hydrogen-bond donors (Lipinski definition) is 1. The van der Waals surface area contributed by atoms with Crippen LogP contribution in [0.3, 0.4) is 0 Å². The molecule has 1 aromatic rings. The monoisotopic (exact) mass is 173 g/mol. The minimum atomic E-state index is -0.188. The third-order valence-electron chi connectivity index (χ3n) is 1.17. The molecule has 1 aromatic heterocycles. The third-order valence-corrected chi connectivity index (χ3v) is 1.46. The number of rotatable bonds is 1. The normalized spacial score (nSPS) is 9.64. The summed E-state index contributed by atoms with van der Waals surface area (Å²) in [6.45, 7) is 0. The van der Waals surface area contributed by atoms with Crippen molar-refractivity contribution in [2.45, 2.75) is 0 Å². The maximum Gasteiger partial charge on any atom is 0.277 e. The molecule has 0 saturated heterocycles. The number of aromatic hydroxyl groups is 1. The molecule has 0 radical (unpaired) electrons. The average Bonchev–Trinajstić information content (AvgIpc) is 1.94. The van der Waals surface area contributed by atoms with E-state index in [0.717, 1.165) is 0 Å². The van der Waals surface area contributed by atoms with Gasteiger partial charge >= 0.3 is 0 Å². The van der Waals surface area contributed by atoms with Crippen LogP contribution >= 0.6 is 11.6 Å². The number of pyridine rings is 1. The molecule has 1 N–H and O–H groups in total. The largest absolute Gasteiger partial charge is 0.505 e. The Morgan fingerprint density at radius 1 is 1.73 bits per heavy atom. The summed E-state index contributed by atoms with van der Waals surface area (Å²) in [4.78, 5) is 14.2. The molecule has 0 spiro atoms. The maximum atomic E-state index is 10.6. The lowest BCUT2D eigenvalue weighted by Gasteiger charge is -1.92. The zero-order valence-corrected chi connectivity index (χ0v) is 6.54. The Kier molecular flexibility index (Phi) is 2.05. The second-order valence-electron chi connectivity index (χ2n) is 2.00. The lowest BCUT2D eigenvalue weighted by atomic mass is 10.4. The van der Waals surface area contributed by atoms with Crippen molar-refractivity contribution in [2.75, 3.05) is 7.05 Å². The highest BCUT2D eigenvalue weighted by Gasteiger charge is 2.10. The van der Waals surface area contributed by atoms with Gasteiger partial charge in [0.1, 0.15) is 6.20 Å². The first-order valence-corrected chi connectivity index (χ1v) is 3.24. The van der Waals surface area contributed by atoms with Gasteiger partial charge in [0.05, 0.1) is 6.07 Å². The van der Waals surface area contributed by atoms with Crippen LogP contribution in [0, 0.1) is 4.91 Å². The van der Waals surface area contributed by atoms with E-state index in [1.165, 1.54) is 19.3 Å². The lowest BCUT2D eigenvalue weighted by molar-refractivity contribution is -0.428. The molecule has 0 fully saturated rings. The summed E-state index contributed by atoms with van der Waals surface area (Å²) in [6, 6.07) is 1.25. The zero-order valence-electron chi connectivity index (χ0n) is 5.78. The van der Waals surface area contributed by atoms with E-state index < -0.39 is 0 Å². The van der Waals surface area contributed by atoms with Crippen LogP contribution in [-0.2, 0) is 0 Å². The summed E-state index contributed by atoms with van der Waals surface area (Å²) >= 11 is 5.40. The van der Waals surface area contributed by atoms with Gasteiger partial charge in [0.25, 0.3) is 5.69 Å². The van der Waals surface area contributed by atoms with Crippen LogP contribution in [0.4, 0.5) is 5.69 Å². The molecule has 0 aliphatic rings.